The minimum atomic E-state index is -0.865. The molecule has 1 rings (SSSR count). The van der Waals surface area contributed by atoms with E-state index in [9.17, 15) is 9.59 Å². The molecule has 15 heavy (non-hydrogen) atoms. The van der Waals surface area contributed by atoms with Crippen molar-refractivity contribution in [3.63, 3.8) is 0 Å². The fourth-order valence-electron chi connectivity index (χ4n) is 0.905. The van der Waals surface area contributed by atoms with Gasteiger partial charge < -0.3 is 10.1 Å². The molecule has 0 aliphatic rings. The minimum Gasteiger partial charge on any atom is -0.459 e. The predicted molar refractivity (Wildman–Crippen MR) is 49.7 cm³/mol. The maximum atomic E-state index is 11.0. The molecular weight excluding hydrogens is 200 g/mol. The van der Waals surface area contributed by atoms with Crippen molar-refractivity contribution in [3.05, 3.63) is 12.4 Å². The third-order valence-corrected chi connectivity index (χ3v) is 1.56. The van der Waals surface area contributed by atoms with Gasteiger partial charge in [-0.1, -0.05) is 5.21 Å². The van der Waals surface area contributed by atoms with Crippen LogP contribution in [0.2, 0.25) is 0 Å². The zero-order chi connectivity index (χ0) is 11.1. The Hall–Kier alpha value is -1.92. The van der Waals surface area contributed by atoms with Crippen molar-refractivity contribution in [2.24, 2.45) is 0 Å². The molecule has 7 nitrogen and oxygen atoms in total. The average molecular weight is 212 g/mol. The molecule has 0 spiro atoms. The van der Waals surface area contributed by atoms with E-state index in [2.05, 4.69) is 20.4 Å². The number of amides is 1. The lowest BCUT2D eigenvalue weighted by Crippen LogP contribution is -2.34. The normalized spacial score (nSPS) is 9.67. The zero-order valence-corrected chi connectivity index (χ0v) is 8.34. The Balaban J connectivity index is 2.20. The molecule has 1 N–H and O–H groups in total. The molecule has 0 radical (unpaired) electrons. The van der Waals surface area contributed by atoms with Crippen molar-refractivity contribution in [3.8, 4) is 0 Å². The summed E-state index contributed by atoms with van der Waals surface area (Å²) in [4.78, 5) is 21.9. The first kappa shape index (κ1) is 11.2. The third-order valence-electron chi connectivity index (χ3n) is 1.56. The number of hydrogen-bond donors (Lipinski definition) is 1. The summed E-state index contributed by atoms with van der Waals surface area (Å²) < 4.78 is 6.05. The van der Waals surface area contributed by atoms with Crippen molar-refractivity contribution in [1.29, 1.82) is 0 Å². The van der Waals surface area contributed by atoms with Crippen molar-refractivity contribution in [2.75, 3.05) is 13.2 Å². The van der Waals surface area contributed by atoms with E-state index in [4.69, 9.17) is 0 Å². The largest absolute Gasteiger partial charge is 0.459 e. The number of carbonyl (C=O) groups is 2. The van der Waals surface area contributed by atoms with Gasteiger partial charge in [0.25, 0.3) is 0 Å². The maximum absolute atomic E-state index is 11.0. The highest BCUT2D eigenvalue weighted by atomic mass is 16.5. The Morgan fingerprint density at radius 3 is 2.93 bits per heavy atom. The van der Waals surface area contributed by atoms with Gasteiger partial charge in [-0.25, -0.2) is 4.79 Å². The van der Waals surface area contributed by atoms with Gasteiger partial charge in [0.1, 0.15) is 0 Å². The minimum absolute atomic E-state index is 0.190. The number of hydrogen-bond acceptors (Lipinski definition) is 5. The molecular formula is C8H12N4O3. The fraction of sp³-hybridized carbons (Fsp3) is 0.500. The van der Waals surface area contributed by atoms with Crippen LogP contribution >= 0.6 is 0 Å². The summed E-state index contributed by atoms with van der Waals surface area (Å²) in [5.41, 5.74) is 0. The Labute approximate surface area is 86.4 Å². The summed E-state index contributed by atoms with van der Waals surface area (Å²) in [5.74, 6) is -1.60. The molecule has 0 saturated heterocycles. The van der Waals surface area contributed by atoms with Gasteiger partial charge in [0.05, 0.1) is 19.3 Å². The average Bonchev–Trinajstić information content (AvgIpc) is 2.71. The molecule has 1 aromatic heterocycles. The van der Waals surface area contributed by atoms with Crippen molar-refractivity contribution in [2.45, 2.75) is 13.5 Å². The highest BCUT2D eigenvalue weighted by molar-refractivity contribution is 6.32. The van der Waals surface area contributed by atoms with Crippen LogP contribution in [0.1, 0.15) is 6.92 Å². The van der Waals surface area contributed by atoms with Crippen LogP contribution in [0.15, 0.2) is 12.4 Å². The Kier molecular flexibility index (Phi) is 4.27. The van der Waals surface area contributed by atoms with Crippen LogP contribution < -0.4 is 5.32 Å². The Morgan fingerprint density at radius 1 is 1.53 bits per heavy atom. The summed E-state index contributed by atoms with van der Waals surface area (Å²) in [6.07, 6.45) is 3.20. The van der Waals surface area contributed by atoms with Crippen LogP contribution in [0.3, 0.4) is 0 Å². The molecule has 0 unspecified atom stereocenters. The van der Waals surface area contributed by atoms with Crippen LogP contribution in [-0.2, 0) is 20.9 Å². The smallest absolute Gasteiger partial charge is 0.396 e. The highest BCUT2D eigenvalue weighted by Crippen LogP contribution is 1.81. The second-order valence-corrected chi connectivity index (χ2v) is 2.64. The lowest BCUT2D eigenvalue weighted by Gasteiger charge is -2.03. The van der Waals surface area contributed by atoms with Crippen LogP contribution in [0, 0.1) is 0 Å². The van der Waals surface area contributed by atoms with E-state index in [1.54, 1.807) is 17.8 Å². The Morgan fingerprint density at radius 2 is 2.33 bits per heavy atom. The summed E-state index contributed by atoms with van der Waals surface area (Å²) in [6.45, 7) is 2.60. The van der Waals surface area contributed by atoms with Gasteiger partial charge in [-0.15, -0.1) is 5.10 Å². The van der Waals surface area contributed by atoms with Crippen molar-refractivity contribution >= 4 is 11.9 Å². The summed E-state index contributed by atoms with van der Waals surface area (Å²) in [7, 11) is 0. The van der Waals surface area contributed by atoms with Gasteiger partial charge in [-0.3, -0.25) is 9.48 Å². The van der Waals surface area contributed by atoms with Gasteiger partial charge in [0, 0.05) is 12.7 Å². The van der Waals surface area contributed by atoms with Gasteiger partial charge in [-0.2, -0.15) is 0 Å². The van der Waals surface area contributed by atoms with E-state index in [1.165, 1.54) is 6.20 Å². The molecule has 0 aliphatic carbocycles. The molecule has 0 bridgehead atoms. The summed E-state index contributed by atoms with van der Waals surface area (Å²) in [5, 5.41) is 9.69. The molecule has 1 aromatic rings. The molecule has 82 valence electrons. The molecule has 1 amide bonds. The number of carbonyl (C=O) groups excluding carboxylic acids is 2. The topological polar surface area (TPSA) is 86.1 Å². The number of nitrogens with zero attached hydrogens (tertiary/aromatic N) is 3. The third kappa shape index (κ3) is 3.75. The molecule has 1 heterocycles. The first-order valence-electron chi connectivity index (χ1n) is 4.53. The van der Waals surface area contributed by atoms with E-state index >= 15 is 0 Å². The first-order valence-corrected chi connectivity index (χ1v) is 4.53. The van der Waals surface area contributed by atoms with Crippen molar-refractivity contribution < 1.29 is 14.3 Å². The number of aromatic nitrogens is 3. The lowest BCUT2D eigenvalue weighted by molar-refractivity contribution is -0.154. The number of rotatable bonds is 4. The van der Waals surface area contributed by atoms with E-state index in [0.29, 0.717) is 13.1 Å². The number of nitrogens with one attached hydrogen (secondary N) is 1. The number of esters is 1. The van der Waals surface area contributed by atoms with E-state index < -0.39 is 11.9 Å². The molecule has 7 heteroatoms. The summed E-state index contributed by atoms with van der Waals surface area (Å²) >= 11 is 0. The van der Waals surface area contributed by atoms with Crippen molar-refractivity contribution in [1.82, 2.24) is 20.3 Å². The van der Waals surface area contributed by atoms with Crippen LogP contribution in [0.25, 0.3) is 0 Å². The molecule has 0 saturated carbocycles. The predicted octanol–water partition coefficient (Wildman–Crippen LogP) is -1.04. The second kappa shape index (κ2) is 5.74. The maximum Gasteiger partial charge on any atom is 0.396 e. The van der Waals surface area contributed by atoms with Gasteiger partial charge >= 0.3 is 11.9 Å². The number of ether oxygens (including phenoxy) is 1. The van der Waals surface area contributed by atoms with Gasteiger partial charge in [-0.05, 0) is 6.92 Å². The van der Waals surface area contributed by atoms with Crippen LogP contribution in [0.5, 0.6) is 0 Å². The van der Waals surface area contributed by atoms with E-state index in [0.717, 1.165) is 0 Å². The Bertz CT molecular complexity index is 323. The highest BCUT2D eigenvalue weighted by Gasteiger charge is 2.13. The zero-order valence-electron chi connectivity index (χ0n) is 8.34. The quantitative estimate of drug-likeness (QED) is 0.508. The second-order valence-electron chi connectivity index (χ2n) is 2.64. The fourth-order valence-corrected chi connectivity index (χ4v) is 0.905. The first-order chi connectivity index (χ1) is 7.24. The van der Waals surface area contributed by atoms with E-state index in [-0.39, 0.29) is 6.61 Å². The van der Waals surface area contributed by atoms with E-state index in [1.807, 2.05) is 0 Å². The van der Waals surface area contributed by atoms with Gasteiger partial charge in [0.2, 0.25) is 0 Å². The standard InChI is InChI=1S/C8H12N4O3/c1-2-15-8(14)7(13)9-3-5-12-6-4-10-11-12/h4,6H,2-3,5H2,1H3,(H,9,13). The van der Waals surface area contributed by atoms with Gasteiger partial charge in [0.15, 0.2) is 0 Å². The monoisotopic (exact) mass is 212 g/mol. The molecule has 0 aliphatic heterocycles. The molecule has 0 atom stereocenters. The molecule has 0 fully saturated rings. The molecule has 0 aromatic carbocycles. The SMILES string of the molecule is CCOC(=O)C(=O)NCCn1ccnn1. The summed E-state index contributed by atoms with van der Waals surface area (Å²) in [6, 6.07) is 0. The lowest BCUT2D eigenvalue weighted by atomic mass is 10.5. The van der Waals surface area contributed by atoms with Crippen LogP contribution in [-0.4, -0.2) is 40.0 Å². The van der Waals surface area contributed by atoms with Crippen LogP contribution in [0.4, 0.5) is 0 Å².